The van der Waals surface area contributed by atoms with E-state index < -0.39 is 22.5 Å². The first kappa shape index (κ1) is 12.4. The lowest BCUT2D eigenvalue weighted by Gasteiger charge is -2.05. The summed E-state index contributed by atoms with van der Waals surface area (Å²) in [4.78, 5) is 28.3. The molecule has 2 aromatic heterocycles. The van der Waals surface area contributed by atoms with Crippen molar-refractivity contribution in [3.63, 3.8) is 0 Å². The van der Waals surface area contributed by atoms with Gasteiger partial charge in [0.2, 0.25) is 0 Å². The lowest BCUT2D eigenvalue weighted by molar-refractivity contribution is -0.386. The predicted molar refractivity (Wildman–Crippen MR) is 62.2 cm³/mol. The second-order valence-corrected chi connectivity index (χ2v) is 3.37. The molecule has 0 unspecified atom stereocenters. The van der Waals surface area contributed by atoms with Crippen LogP contribution in [0.3, 0.4) is 0 Å². The number of nitro groups is 1. The van der Waals surface area contributed by atoms with Gasteiger partial charge in [0.25, 0.3) is 0 Å². The van der Waals surface area contributed by atoms with Gasteiger partial charge in [0, 0.05) is 12.3 Å². The van der Waals surface area contributed by atoms with Crippen molar-refractivity contribution in [2.75, 3.05) is 0 Å². The molecule has 0 atom stereocenters. The number of carbonyl (C=O) groups is 1. The van der Waals surface area contributed by atoms with Gasteiger partial charge in [-0.25, -0.2) is 4.79 Å². The van der Waals surface area contributed by atoms with E-state index >= 15 is 0 Å². The first-order chi connectivity index (χ1) is 9.08. The summed E-state index contributed by atoms with van der Waals surface area (Å²) >= 11 is 0. The number of carboxylic acids is 1. The summed E-state index contributed by atoms with van der Waals surface area (Å²) in [6, 6.07) is 5.16. The summed E-state index contributed by atoms with van der Waals surface area (Å²) < 4.78 is 5.18. The van der Waals surface area contributed by atoms with Crippen LogP contribution in [-0.4, -0.2) is 26.0 Å². The highest BCUT2D eigenvalue weighted by Crippen LogP contribution is 2.28. The average molecular weight is 261 g/mol. The van der Waals surface area contributed by atoms with Gasteiger partial charge in [-0.3, -0.25) is 15.1 Å². The molecule has 0 saturated carbocycles. The minimum atomic E-state index is -1.30. The fourth-order valence-electron chi connectivity index (χ4n) is 1.29. The third kappa shape index (κ3) is 2.80. The Morgan fingerprint density at radius 3 is 2.74 bits per heavy atom. The number of aromatic nitrogens is 2. The molecule has 0 radical (unpaired) electrons. The fourth-order valence-corrected chi connectivity index (χ4v) is 1.29. The molecule has 0 fully saturated rings. The normalized spacial score (nSPS) is 9.89. The molecule has 2 aromatic rings. The van der Waals surface area contributed by atoms with Crippen molar-refractivity contribution in [1.29, 1.82) is 0 Å². The van der Waals surface area contributed by atoms with Gasteiger partial charge >= 0.3 is 17.5 Å². The van der Waals surface area contributed by atoms with Crippen LogP contribution < -0.4 is 4.74 Å². The van der Waals surface area contributed by atoms with Crippen LogP contribution in [0.2, 0.25) is 0 Å². The Labute approximate surface area is 106 Å². The van der Waals surface area contributed by atoms with Gasteiger partial charge in [-0.15, -0.1) is 0 Å². The van der Waals surface area contributed by atoms with Crippen molar-refractivity contribution < 1.29 is 19.6 Å². The minimum Gasteiger partial charge on any atom is -0.477 e. The highest BCUT2D eigenvalue weighted by atomic mass is 16.6. The monoisotopic (exact) mass is 261 g/mol. The quantitative estimate of drug-likeness (QED) is 0.659. The molecular weight excluding hydrogens is 254 g/mol. The van der Waals surface area contributed by atoms with E-state index in [2.05, 4.69) is 9.97 Å². The Bertz CT molecular complexity index is 629. The van der Waals surface area contributed by atoms with Crippen LogP contribution in [0.15, 0.2) is 36.7 Å². The summed E-state index contributed by atoms with van der Waals surface area (Å²) in [5.74, 6) is -1.47. The summed E-state index contributed by atoms with van der Waals surface area (Å²) in [5.41, 5.74) is -0.765. The fraction of sp³-hybridized carbons (Fsp3) is 0. The molecule has 0 aliphatic heterocycles. The first-order valence-electron chi connectivity index (χ1n) is 5.04. The van der Waals surface area contributed by atoms with Crippen molar-refractivity contribution in [2.45, 2.75) is 0 Å². The zero-order valence-corrected chi connectivity index (χ0v) is 9.39. The van der Waals surface area contributed by atoms with Crippen LogP contribution >= 0.6 is 0 Å². The molecule has 8 heteroatoms. The molecule has 0 spiro atoms. The van der Waals surface area contributed by atoms with E-state index in [0.29, 0.717) is 0 Å². The molecule has 2 heterocycles. The maximum atomic E-state index is 10.8. The highest BCUT2D eigenvalue weighted by Gasteiger charge is 2.20. The number of pyridine rings is 2. The second-order valence-electron chi connectivity index (χ2n) is 3.37. The maximum absolute atomic E-state index is 10.8. The van der Waals surface area contributed by atoms with Crippen LogP contribution in [0.5, 0.6) is 11.6 Å². The Balaban J connectivity index is 2.43. The van der Waals surface area contributed by atoms with Gasteiger partial charge in [0.1, 0.15) is 5.75 Å². The molecule has 2 rings (SSSR count). The Morgan fingerprint density at radius 1 is 1.37 bits per heavy atom. The summed E-state index contributed by atoms with van der Waals surface area (Å²) in [6.45, 7) is 0. The van der Waals surface area contributed by atoms with Crippen molar-refractivity contribution in [3.05, 3.63) is 52.5 Å². The van der Waals surface area contributed by atoms with E-state index in [9.17, 15) is 14.9 Å². The molecule has 96 valence electrons. The molecule has 19 heavy (non-hydrogen) atoms. The summed E-state index contributed by atoms with van der Waals surface area (Å²) in [7, 11) is 0. The number of hydrogen-bond acceptors (Lipinski definition) is 6. The maximum Gasteiger partial charge on any atom is 0.354 e. The molecule has 0 aliphatic rings. The van der Waals surface area contributed by atoms with Crippen LogP contribution in [-0.2, 0) is 0 Å². The molecule has 1 N–H and O–H groups in total. The van der Waals surface area contributed by atoms with E-state index in [4.69, 9.17) is 9.84 Å². The van der Waals surface area contributed by atoms with Gasteiger partial charge in [-0.1, -0.05) is 0 Å². The zero-order chi connectivity index (χ0) is 13.8. The molecule has 0 saturated heterocycles. The SMILES string of the molecule is O=C(O)c1ccc([N+](=O)[O-])c(Oc2cccnc2)n1. The largest absolute Gasteiger partial charge is 0.477 e. The van der Waals surface area contributed by atoms with Gasteiger partial charge in [0.15, 0.2) is 5.69 Å². The van der Waals surface area contributed by atoms with Crippen molar-refractivity contribution >= 4 is 11.7 Å². The molecule has 8 nitrogen and oxygen atoms in total. The number of rotatable bonds is 4. The number of carboxylic acid groups (broad SMARTS) is 1. The van der Waals surface area contributed by atoms with Crippen LogP contribution in [0.4, 0.5) is 5.69 Å². The lowest BCUT2D eigenvalue weighted by Crippen LogP contribution is -2.03. The van der Waals surface area contributed by atoms with E-state index in [-0.39, 0.29) is 11.4 Å². The molecular formula is C11H7N3O5. The van der Waals surface area contributed by atoms with Crippen LogP contribution in [0.1, 0.15) is 10.5 Å². The van der Waals surface area contributed by atoms with E-state index in [1.165, 1.54) is 18.5 Å². The summed E-state index contributed by atoms with van der Waals surface area (Å²) in [5, 5.41) is 19.6. The predicted octanol–water partition coefficient (Wildman–Crippen LogP) is 1.88. The number of hydrogen-bond donors (Lipinski definition) is 1. The van der Waals surface area contributed by atoms with Crippen LogP contribution in [0.25, 0.3) is 0 Å². The third-order valence-corrected chi connectivity index (χ3v) is 2.10. The van der Waals surface area contributed by atoms with E-state index in [1.807, 2.05) is 0 Å². The van der Waals surface area contributed by atoms with Gasteiger partial charge in [-0.2, -0.15) is 4.98 Å². The smallest absolute Gasteiger partial charge is 0.354 e. The lowest BCUT2D eigenvalue weighted by atomic mass is 10.3. The number of nitrogens with zero attached hydrogens (tertiary/aromatic N) is 3. The van der Waals surface area contributed by atoms with Crippen LogP contribution in [0, 0.1) is 10.1 Å². The second kappa shape index (κ2) is 5.08. The van der Waals surface area contributed by atoms with Gasteiger partial charge in [-0.05, 0) is 18.2 Å². The van der Waals surface area contributed by atoms with Gasteiger partial charge in [0.05, 0.1) is 11.1 Å². The summed E-state index contributed by atoms with van der Waals surface area (Å²) in [6.07, 6.45) is 2.83. The van der Waals surface area contributed by atoms with Crippen molar-refractivity contribution in [1.82, 2.24) is 9.97 Å². The van der Waals surface area contributed by atoms with E-state index in [0.717, 1.165) is 12.1 Å². The Morgan fingerprint density at radius 2 is 2.16 bits per heavy atom. The average Bonchev–Trinajstić information content (AvgIpc) is 2.39. The van der Waals surface area contributed by atoms with Crippen molar-refractivity contribution in [3.8, 4) is 11.6 Å². The number of ether oxygens (including phenoxy) is 1. The topological polar surface area (TPSA) is 115 Å². The molecule has 0 aromatic carbocycles. The van der Waals surface area contributed by atoms with Gasteiger partial charge < -0.3 is 9.84 Å². The van der Waals surface area contributed by atoms with Crippen molar-refractivity contribution in [2.24, 2.45) is 0 Å². The Kier molecular flexibility index (Phi) is 3.33. The Hall–Kier alpha value is -3.03. The van der Waals surface area contributed by atoms with E-state index in [1.54, 1.807) is 6.07 Å². The third-order valence-electron chi connectivity index (χ3n) is 2.10. The minimum absolute atomic E-state index is 0.223. The number of aromatic carboxylic acids is 1. The molecule has 0 aliphatic carbocycles. The zero-order valence-electron chi connectivity index (χ0n) is 9.39. The highest BCUT2D eigenvalue weighted by molar-refractivity contribution is 5.85. The first-order valence-corrected chi connectivity index (χ1v) is 5.04. The molecule has 0 amide bonds. The molecule has 0 bridgehead atoms. The standard InChI is InChI=1S/C11H7N3O5/c15-11(16)8-3-4-9(14(17)18)10(13-8)19-7-2-1-5-12-6-7/h1-6H,(H,15,16).